The summed E-state index contributed by atoms with van der Waals surface area (Å²) in [4.78, 5) is 9.19. The number of anilines is 1. The second-order valence-corrected chi connectivity index (χ2v) is 5.62. The van der Waals surface area contributed by atoms with Crippen molar-refractivity contribution in [3.63, 3.8) is 0 Å². The second kappa shape index (κ2) is 6.93. The van der Waals surface area contributed by atoms with Gasteiger partial charge in [0.25, 0.3) is 0 Å². The minimum atomic E-state index is 0.106. The van der Waals surface area contributed by atoms with Crippen LogP contribution in [0.25, 0.3) is 11.4 Å². The quantitative estimate of drug-likeness (QED) is 0.754. The van der Waals surface area contributed by atoms with Gasteiger partial charge in [-0.1, -0.05) is 13.3 Å². The number of ether oxygens (including phenoxy) is 1. The van der Waals surface area contributed by atoms with Crippen LogP contribution in [0.15, 0.2) is 18.2 Å². The van der Waals surface area contributed by atoms with Gasteiger partial charge in [0, 0.05) is 12.6 Å². The molecule has 5 nitrogen and oxygen atoms in total. The van der Waals surface area contributed by atoms with Gasteiger partial charge in [0.05, 0.1) is 16.4 Å². The summed E-state index contributed by atoms with van der Waals surface area (Å²) >= 11 is 2.27. The van der Waals surface area contributed by atoms with Crippen molar-refractivity contribution in [2.24, 2.45) is 0 Å². The summed E-state index contributed by atoms with van der Waals surface area (Å²) in [6, 6.07) is 5.12. The van der Waals surface area contributed by atoms with Gasteiger partial charge in [0.2, 0.25) is 0 Å². The smallest absolute Gasteiger partial charge is 0.161 e. The molecule has 0 spiro atoms. The van der Waals surface area contributed by atoms with E-state index in [1.807, 2.05) is 7.05 Å². The molecule has 0 saturated heterocycles. The molecule has 1 aromatic carbocycles. The summed E-state index contributed by atoms with van der Waals surface area (Å²) in [5, 5.41) is 12.8. The number of nitrogens with zero attached hydrogens (tertiary/aromatic N) is 2. The molecule has 2 aromatic rings. The topological polar surface area (TPSA) is 67.3 Å². The highest BCUT2D eigenvalue weighted by molar-refractivity contribution is 14.1. The van der Waals surface area contributed by atoms with E-state index >= 15 is 0 Å². The molecule has 0 unspecified atom stereocenters. The first kappa shape index (κ1) is 15.8. The molecule has 0 fully saturated rings. The monoisotopic (exact) mass is 399 g/mol. The summed E-state index contributed by atoms with van der Waals surface area (Å²) in [5.41, 5.74) is 1.84. The van der Waals surface area contributed by atoms with E-state index < -0.39 is 0 Å². The molecule has 0 radical (unpaired) electrons. The molecule has 0 aliphatic rings. The van der Waals surface area contributed by atoms with E-state index in [0.29, 0.717) is 11.6 Å². The molecule has 0 aliphatic heterocycles. The van der Waals surface area contributed by atoms with Crippen molar-refractivity contribution < 1.29 is 9.84 Å². The molecule has 112 valence electrons. The lowest BCUT2D eigenvalue weighted by Crippen LogP contribution is -2.05. The zero-order chi connectivity index (χ0) is 15.4. The Labute approximate surface area is 137 Å². The Balaban J connectivity index is 2.55. The van der Waals surface area contributed by atoms with E-state index in [0.717, 1.165) is 33.5 Å². The van der Waals surface area contributed by atoms with Crippen LogP contribution in [0, 0.1) is 3.57 Å². The van der Waals surface area contributed by atoms with Gasteiger partial charge in [0.1, 0.15) is 5.82 Å². The molecule has 2 N–H and O–H groups in total. The number of aryl methyl sites for hydroxylation is 1. The Morgan fingerprint density at radius 3 is 2.71 bits per heavy atom. The molecule has 0 atom stereocenters. The number of halogens is 1. The first-order valence-electron chi connectivity index (χ1n) is 6.72. The summed E-state index contributed by atoms with van der Waals surface area (Å²) in [5.74, 6) is 1.96. The van der Waals surface area contributed by atoms with Gasteiger partial charge in [-0.3, -0.25) is 0 Å². The first-order valence-corrected chi connectivity index (χ1v) is 7.80. The number of nitrogens with one attached hydrogen (secondary N) is 1. The minimum absolute atomic E-state index is 0.106. The van der Waals surface area contributed by atoms with Crippen molar-refractivity contribution in [3.8, 4) is 22.9 Å². The van der Waals surface area contributed by atoms with Crippen LogP contribution in [0.1, 0.15) is 19.0 Å². The normalized spacial score (nSPS) is 10.5. The lowest BCUT2D eigenvalue weighted by molar-refractivity contribution is 0.373. The molecular weight excluding hydrogens is 381 g/mol. The summed E-state index contributed by atoms with van der Waals surface area (Å²) in [7, 11) is 3.37. The van der Waals surface area contributed by atoms with Crippen molar-refractivity contribution in [2.45, 2.75) is 19.8 Å². The molecule has 1 aromatic heterocycles. The largest absolute Gasteiger partial charge is 0.504 e. The van der Waals surface area contributed by atoms with E-state index in [9.17, 15) is 5.11 Å². The van der Waals surface area contributed by atoms with Gasteiger partial charge in [0.15, 0.2) is 17.3 Å². The maximum absolute atomic E-state index is 9.69. The lowest BCUT2D eigenvalue weighted by atomic mass is 10.1. The van der Waals surface area contributed by atoms with Crippen LogP contribution in [-0.2, 0) is 6.42 Å². The van der Waals surface area contributed by atoms with Gasteiger partial charge >= 0.3 is 0 Å². The standard InChI is InChI=1S/C15H18IN3O2/c1-4-5-10-13(16)15(17-2)19-14(18-10)9-6-7-11(20)12(8-9)21-3/h6-8,20H,4-5H2,1-3H3,(H,17,18,19). The average Bonchev–Trinajstić information content (AvgIpc) is 2.50. The molecule has 6 heteroatoms. The first-order chi connectivity index (χ1) is 10.1. The van der Waals surface area contributed by atoms with E-state index in [2.05, 4.69) is 44.8 Å². The zero-order valence-corrected chi connectivity index (χ0v) is 14.4. The Hall–Kier alpha value is -1.57. The van der Waals surface area contributed by atoms with E-state index in [-0.39, 0.29) is 5.75 Å². The average molecular weight is 399 g/mol. The fourth-order valence-corrected chi connectivity index (χ4v) is 2.79. The predicted octanol–water partition coefficient (Wildman–Crippen LogP) is 3.46. The van der Waals surface area contributed by atoms with Gasteiger partial charge in [-0.2, -0.15) is 0 Å². The van der Waals surface area contributed by atoms with Crippen molar-refractivity contribution in [1.82, 2.24) is 9.97 Å². The van der Waals surface area contributed by atoms with Crippen molar-refractivity contribution in [2.75, 3.05) is 19.5 Å². The number of phenolic OH excluding ortho intramolecular Hbond substituents is 1. The maximum atomic E-state index is 9.69. The number of phenols is 1. The van der Waals surface area contributed by atoms with E-state index in [1.165, 1.54) is 7.11 Å². The van der Waals surface area contributed by atoms with Gasteiger partial charge < -0.3 is 15.2 Å². The highest BCUT2D eigenvalue weighted by Gasteiger charge is 2.13. The van der Waals surface area contributed by atoms with Crippen LogP contribution in [0.5, 0.6) is 11.5 Å². The van der Waals surface area contributed by atoms with Crippen LogP contribution in [0.3, 0.4) is 0 Å². The van der Waals surface area contributed by atoms with Crippen LogP contribution < -0.4 is 10.1 Å². The Morgan fingerprint density at radius 2 is 2.10 bits per heavy atom. The molecule has 0 amide bonds. The van der Waals surface area contributed by atoms with Gasteiger partial charge in [-0.25, -0.2) is 9.97 Å². The molecule has 21 heavy (non-hydrogen) atoms. The number of hydrogen-bond acceptors (Lipinski definition) is 5. The van der Waals surface area contributed by atoms with Gasteiger partial charge in [-0.15, -0.1) is 0 Å². The fourth-order valence-electron chi connectivity index (χ4n) is 2.01. The highest BCUT2D eigenvalue weighted by atomic mass is 127. The van der Waals surface area contributed by atoms with Crippen molar-refractivity contribution >= 4 is 28.4 Å². The molecule has 0 bridgehead atoms. The van der Waals surface area contributed by atoms with Crippen LogP contribution in [0.4, 0.5) is 5.82 Å². The second-order valence-electron chi connectivity index (χ2n) is 4.54. The third-order valence-electron chi connectivity index (χ3n) is 3.08. The third kappa shape index (κ3) is 3.37. The Kier molecular flexibility index (Phi) is 5.22. The number of benzene rings is 1. The van der Waals surface area contributed by atoms with Gasteiger partial charge in [-0.05, 0) is 47.2 Å². The predicted molar refractivity (Wildman–Crippen MR) is 91.9 cm³/mol. The molecular formula is C15H18IN3O2. The molecule has 0 saturated carbocycles. The summed E-state index contributed by atoms with van der Waals surface area (Å²) < 4.78 is 6.19. The van der Waals surface area contributed by atoms with E-state index in [1.54, 1.807) is 18.2 Å². The lowest BCUT2D eigenvalue weighted by Gasteiger charge is -2.12. The number of methoxy groups -OCH3 is 1. The zero-order valence-electron chi connectivity index (χ0n) is 12.3. The number of aromatic hydroxyl groups is 1. The summed E-state index contributed by atoms with van der Waals surface area (Å²) in [6.07, 6.45) is 1.92. The SMILES string of the molecule is CCCc1nc(-c2ccc(O)c(OC)c2)nc(NC)c1I. The fraction of sp³-hybridized carbons (Fsp3) is 0.333. The van der Waals surface area contributed by atoms with Crippen molar-refractivity contribution in [1.29, 1.82) is 0 Å². The van der Waals surface area contributed by atoms with Crippen LogP contribution in [-0.4, -0.2) is 29.2 Å². The maximum Gasteiger partial charge on any atom is 0.161 e. The molecule has 0 aliphatic carbocycles. The van der Waals surface area contributed by atoms with Crippen LogP contribution >= 0.6 is 22.6 Å². The number of hydrogen-bond donors (Lipinski definition) is 2. The molecule has 2 rings (SSSR count). The van der Waals surface area contributed by atoms with E-state index in [4.69, 9.17) is 4.74 Å². The highest BCUT2D eigenvalue weighted by Crippen LogP contribution is 2.31. The molecule has 1 heterocycles. The third-order valence-corrected chi connectivity index (χ3v) is 4.21. The number of aromatic nitrogens is 2. The minimum Gasteiger partial charge on any atom is -0.504 e. The number of rotatable bonds is 5. The van der Waals surface area contributed by atoms with Crippen molar-refractivity contribution in [3.05, 3.63) is 27.5 Å². The Morgan fingerprint density at radius 1 is 1.33 bits per heavy atom. The Bertz CT molecular complexity index is 647. The van der Waals surface area contributed by atoms with Crippen LogP contribution in [0.2, 0.25) is 0 Å². The summed E-state index contributed by atoms with van der Waals surface area (Å²) in [6.45, 7) is 2.13.